The Kier molecular flexibility index (Phi) is 4.65. The Morgan fingerprint density at radius 2 is 1.73 bits per heavy atom. The Labute approximate surface area is 191 Å². The van der Waals surface area contributed by atoms with Gasteiger partial charge in [-0.15, -0.1) is 0 Å². The van der Waals surface area contributed by atoms with Crippen LogP contribution in [-0.2, 0) is 17.2 Å². The lowest BCUT2D eigenvalue weighted by Gasteiger charge is -2.29. The van der Waals surface area contributed by atoms with E-state index < -0.39 is 15.7 Å². The van der Waals surface area contributed by atoms with E-state index in [1.807, 2.05) is 56.7 Å². The first kappa shape index (κ1) is 21.3. The Bertz CT molecular complexity index is 1630. The number of benzene rings is 3. The molecule has 3 aromatic carbocycles. The van der Waals surface area contributed by atoms with Crippen molar-refractivity contribution in [3.05, 3.63) is 82.0 Å². The normalized spacial score (nSPS) is 14.8. The smallest absolute Gasteiger partial charge is 0.339 e. The third kappa shape index (κ3) is 3.49. The summed E-state index contributed by atoms with van der Waals surface area (Å²) in [6.07, 6.45) is 3.83. The summed E-state index contributed by atoms with van der Waals surface area (Å²) in [6, 6.07) is 15.1. The predicted molar refractivity (Wildman–Crippen MR) is 129 cm³/mol. The molecule has 7 heteroatoms. The number of para-hydroxylation sites is 1. The van der Waals surface area contributed by atoms with E-state index in [0.717, 1.165) is 11.1 Å². The molecule has 1 aliphatic heterocycles. The largest absolute Gasteiger partial charge is 0.483 e. The fraction of sp³-hybridized carbons (Fsp3) is 0.192. The van der Waals surface area contributed by atoms with Crippen molar-refractivity contribution in [3.63, 3.8) is 0 Å². The summed E-state index contributed by atoms with van der Waals surface area (Å²) < 4.78 is 39.9. The lowest BCUT2D eigenvalue weighted by Crippen LogP contribution is -2.28. The first-order chi connectivity index (χ1) is 15.6. The number of hydrogen-bond acceptors (Lipinski definition) is 5. The molecular weight excluding hydrogens is 438 g/mol. The first-order valence-electron chi connectivity index (χ1n) is 10.6. The topological polar surface area (TPSA) is 74.6 Å². The van der Waals surface area contributed by atoms with Crippen LogP contribution in [0.1, 0.15) is 25.0 Å². The molecule has 0 spiro atoms. The van der Waals surface area contributed by atoms with Crippen molar-refractivity contribution in [1.29, 1.82) is 0 Å². The first-order valence-corrected chi connectivity index (χ1v) is 12.0. The summed E-state index contributed by atoms with van der Waals surface area (Å²) in [7, 11) is -2.34. The molecule has 168 valence electrons. The summed E-state index contributed by atoms with van der Waals surface area (Å²) in [6.45, 7) is 5.68. The Morgan fingerprint density at radius 3 is 2.45 bits per heavy atom. The van der Waals surface area contributed by atoms with Crippen molar-refractivity contribution >= 4 is 38.0 Å². The molecule has 0 atom stereocenters. The summed E-state index contributed by atoms with van der Waals surface area (Å²) in [5.41, 5.74) is 2.02. The fourth-order valence-electron chi connectivity index (χ4n) is 4.20. The van der Waals surface area contributed by atoms with Crippen LogP contribution in [0, 0.1) is 6.92 Å². The third-order valence-electron chi connectivity index (χ3n) is 5.87. The van der Waals surface area contributed by atoms with E-state index in [2.05, 4.69) is 0 Å². The number of hydrogen-bond donors (Lipinski definition) is 0. The molecule has 6 nitrogen and oxygen atoms in total. The van der Waals surface area contributed by atoms with Gasteiger partial charge in [-0.1, -0.05) is 29.8 Å². The lowest BCUT2D eigenvalue weighted by atomic mass is 9.98. The average molecular weight is 462 g/mol. The fourth-order valence-corrected chi connectivity index (χ4v) is 5.14. The average Bonchev–Trinajstić information content (AvgIpc) is 2.76. The maximum atomic E-state index is 13.6. The van der Waals surface area contributed by atoms with Crippen molar-refractivity contribution in [1.82, 2.24) is 4.57 Å². The maximum Gasteiger partial charge on any atom is 0.339 e. The molecule has 33 heavy (non-hydrogen) atoms. The second-order valence-corrected chi connectivity index (χ2v) is 10.4. The van der Waals surface area contributed by atoms with Crippen LogP contribution in [0.2, 0.25) is 0 Å². The van der Waals surface area contributed by atoms with Gasteiger partial charge in [0.2, 0.25) is 5.43 Å². The number of aryl methyl sites for hydroxylation is 2. The van der Waals surface area contributed by atoms with Gasteiger partial charge in [-0.05, 0) is 57.2 Å². The van der Waals surface area contributed by atoms with Crippen LogP contribution in [0.4, 0.5) is 0 Å². The summed E-state index contributed by atoms with van der Waals surface area (Å²) >= 11 is 0. The van der Waals surface area contributed by atoms with Gasteiger partial charge >= 0.3 is 10.1 Å². The minimum Gasteiger partial charge on any atom is -0.483 e. The maximum absolute atomic E-state index is 13.6. The van der Waals surface area contributed by atoms with E-state index in [1.54, 1.807) is 24.3 Å². The van der Waals surface area contributed by atoms with Gasteiger partial charge in [-0.2, -0.15) is 8.42 Å². The van der Waals surface area contributed by atoms with E-state index in [1.165, 1.54) is 18.2 Å². The molecule has 0 fully saturated rings. The zero-order valence-corrected chi connectivity index (χ0v) is 19.6. The Morgan fingerprint density at radius 1 is 1.03 bits per heavy atom. The number of aromatic nitrogens is 1. The van der Waals surface area contributed by atoms with Crippen molar-refractivity contribution in [3.8, 4) is 11.5 Å². The van der Waals surface area contributed by atoms with Gasteiger partial charge in [-0.3, -0.25) is 4.79 Å². The second kappa shape index (κ2) is 7.22. The minimum absolute atomic E-state index is 0.0118. The monoisotopic (exact) mass is 461 g/mol. The molecule has 0 N–H and O–H groups in total. The van der Waals surface area contributed by atoms with Crippen molar-refractivity contribution in [2.75, 3.05) is 0 Å². The number of pyridine rings is 1. The SMILES string of the molecule is Cc1ccc(S(=O)(=O)Oc2cc3c(c4c2c(=O)c2ccccc2n4C)C=CC(C)(C)O3)cc1. The number of ether oxygens (including phenoxy) is 1. The van der Waals surface area contributed by atoms with Crippen molar-refractivity contribution in [2.45, 2.75) is 31.3 Å². The molecule has 0 bridgehead atoms. The highest BCUT2D eigenvalue weighted by Gasteiger charge is 2.29. The highest BCUT2D eigenvalue weighted by atomic mass is 32.2. The Balaban J connectivity index is 1.85. The van der Waals surface area contributed by atoms with Crippen LogP contribution in [0.3, 0.4) is 0 Å². The molecule has 0 saturated heterocycles. The molecule has 0 amide bonds. The van der Waals surface area contributed by atoms with Gasteiger partial charge in [0.1, 0.15) is 16.2 Å². The van der Waals surface area contributed by atoms with Crippen LogP contribution >= 0.6 is 0 Å². The highest BCUT2D eigenvalue weighted by Crippen LogP contribution is 2.41. The minimum atomic E-state index is -4.18. The van der Waals surface area contributed by atoms with E-state index in [0.29, 0.717) is 22.2 Å². The molecule has 1 aromatic heterocycles. The van der Waals surface area contributed by atoms with Crippen LogP contribution in [0.25, 0.3) is 27.9 Å². The molecular formula is C26H23NO5S. The zero-order chi connectivity index (χ0) is 23.5. The lowest BCUT2D eigenvalue weighted by molar-refractivity contribution is 0.159. The number of fused-ring (bicyclic) bond motifs is 4. The van der Waals surface area contributed by atoms with Gasteiger partial charge in [0.05, 0.1) is 16.4 Å². The highest BCUT2D eigenvalue weighted by molar-refractivity contribution is 7.87. The van der Waals surface area contributed by atoms with E-state index in [9.17, 15) is 13.2 Å². The van der Waals surface area contributed by atoms with Crippen LogP contribution in [0.5, 0.6) is 11.5 Å². The van der Waals surface area contributed by atoms with Crippen molar-refractivity contribution in [2.24, 2.45) is 7.05 Å². The van der Waals surface area contributed by atoms with Gasteiger partial charge < -0.3 is 13.5 Å². The molecule has 0 radical (unpaired) electrons. The van der Waals surface area contributed by atoms with E-state index in [4.69, 9.17) is 8.92 Å². The molecule has 0 saturated carbocycles. The molecule has 4 aromatic rings. The summed E-state index contributed by atoms with van der Waals surface area (Å²) in [5, 5.41) is 0.671. The molecule has 2 heterocycles. The molecule has 0 unspecified atom stereocenters. The van der Waals surface area contributed by atoms with Gasteiger partial charge in [0, 0.05) is 24.1 Å². The summed E-state index contributed by atoms with van der Waals surface area (Å²) in [5.74, 6) is 0.399. The third-order valence-corrected chi connectivity index (χ3v) is 7.12. The number of nitrogens with zero attached hydrogens (tertiary/aromatic N) is 1. The molecule has 1 aliphatic rings. The standard InChI is InChI=1S/C26H23NO5S/c1-16-9-11-17(12-10-16)33(29,30)32-22-15-21-19(13-14-26(2,3)31-21)24-23(22)25(28)18-7-5-6-8-20(18)27(24)4/h5-15H,1-4H3. The van der Waals surface area contributed by atoms with Gasteiger partial charge in [0.25, 0.3) is 0 Å². The van der Waals surface area contributed by atoms with E-state index in [-0.39, 0.29) is 21.5 Å². The molecule has 0 aliphatic carbocycles. The molecule has 5 rings (SSSR count). The predicted octanol–water partition coefficient (Wildman–Crippen LogP) is 4.95. The quantitative estimate of drug-likeness (QED) is 0.319. The van der Waals surface area contributed by atoms with E-state index >= 15 is 0 Å². The van der Waals surface area contributed by atoms with Crippen LogP contribution in [-0.4, -0.2) is 18.6 Å². The van der Waals surface area contributed by atoms with Crippen LogP contribution in [0.15, 0.2) is 70.4 Å². The second-order valence-electron chi connectivity index (χ2n) is 8.80. The summed E-state index contributed by atoms with van der Waals surface area (Å²) in [4.78, 5) is 13.6. The van der Waals surface area contributed by atoms with Gasteiger partial charge in [0.15, 0.2) is 5.75 Å². The Hall–Kier alpha value is -3.58. The van der Waals surface area contributed by atoms with Crippen molar-refractivity contribution < 1.29 is 17.3 Å². The number of rotatable bonds is 3. The van der Waals surface area contributed by atoms with Crippen LogP contribution < -0.4 is 14.3 Å². The van der Waals surface area contributed by atoms with Gasteiger partial charge in [-0.25, -0.2) is 0 Å². The zero-order valence-electron chi connectivity index (χ0n) is 18.7.